The molecule has 1 amide bonds. The lowest BCUT2D eigenvalue weighted by Gasteiger charge is -2.34. The molecule has 0 saturated carbocycles. The van der Waals surface area contributed by atoms with E-state index in [0.29, 0.717) is 0 Å². The predicted octanol–water partition coefficient (Wildman–Crippen LogP) is 0.497. The number of carbonyl (C=O) groups excluding carboxylic acids is 1. The summed E-state index contributed by atoms with van der Waals surface area (Å²) in [7, 11) is 1.90. The molecule has 0 aromatic carbocycles. The van der Waals surface area contributed by atoms with Crippen molar-refractivity contribution in [3.63, 3.8) is 0 Å². The quantitative estimate of drug-likeness (QED) is 0.780. The molecule has 0 aliphatic carbocycles. The number of alkyl halides is 3. The molecule has 0 rings (SSSR count). The molecular formula is C8H12F3NO4. The Labute approximate surface area is 89.8 Å². The average Bonchev–Trinajstić information content (AvgIpc) is 2.14. The van der Waals surface area contributed by atoms with Gasteiger partial charge < -0.3 is 14.7 Å². The summed E-state index contributed by atoms with van der Waals surface area (Å²) >= 11 is 0. The van der Waals surface area contributed by atoms with Crippen LogP contribution in [0.4, 0.5) is 13.2 Å². The van der Waals surface area contributed by atoms with E-state index in [4.69, 9.17) is 5.11 Å². The molecule has 0 spiro atoms. The predicted molar refractivity (Wildman–Crippen MR) is 46.7 cm³/mol. The Morgan fingerprint density at radius 3 is 2.06 bits per heavy atom. The first-order valence-electron chi connectivity index (χ1n) is 4.14. The third-order valence-corrected chi connectivity index (χ3v) is 2.17. The van der Waals surface area contributed by atoms with Crippen molar-refractivity contribution in [1.82, 2.24) is 4.90 Å². The lowest BCUT2D eigenvalue weighted by atomic mass is 10.0. The minimum absolute atomic E-state index is 0.110. The molecule has 94 valence electrons. The lowest BCUT2D eigenvalue weighted by molar-refractivity contribution is -0.194. The van der Waals surface area contributed by atoms with Crippen LogP contribution < -0.4 is 0 Å². The summed E-state index contributed by atoms with van der Waals surface area (Å²) in [6.45, 7) is 0.434. The molecule has 0 heterocycles. The van der Waals surface area contributed by atoms with Crippen LogP contribution in [0.5, 0.6) is 0 Å². The van der Waals surface area contributed by atoms with Gasteiger partial charge in [-0.2, -0.15) is 13.2 Å². The van der Waals surface area contributed by atoms with Crippen LogP contribution in [0.3, 0.4) is 0 Å². The number of methoxy groups -OCH3 is 1. The highest BCUT2D eigenvalue weighted by molar-refractivity contribution is 5.89. The summed E-state index contributed by atoms with van der Waals surface area (Å²) in [6.07, 6.45) is -5.11. The topological polar surface area (TPSA) is 66.8 Å². The summed E-state index contributed by atoms with van der Waals surface area (Å²) in [5.41, 5.74) is -2.05. The number of carboxylic acids is 1. The molecule has 16 heavy (non-hydrogen) atoms. The average molecular weight is 243 g/mol. The fraction of sp³-hybridized carbons (Fsp3) is 0.750. The maximum absolute atomic E-state index is 12.1. The van der Waals surface area contributed by atoms with E-state index in [2.05, 4.69) is 4.74 Å². The maximum atomic E-state index is 12.1. The standard InChI is InChI=1S/C8H12F3NO4/c1-7(4-16-3,6(14)15)12(2)5(13)8(9,10)11/h4H2,1-3H3,(H,14,15). The van der Waals surface area contributed by atoms with Gasteiger partial charge in [0.1, 0.15) is 0 Å². The number of carbonyl (C=O) groups is 2. The first kappa shape index (κ1) is 14.7. The van der Waals surface area contributed by atoms with Crippen molar-refractivity contribution < 1.29 is 32.6 Å². The molecule has 0 radical (unpaired) electrons. The van der Waals surface area contributed by atoms with Crippen LogP contribution in [-0.2, 0) is 14.3 Å². The van der Waals surface area contributed by atoms with Gasteiger partial charge in [0.15, 0.2) is 5.54 Å². The molecule has 0 aromatic heterocycles. The summed E-state index contributed by atoms with van der Waals surface area (Å²) in [6, 6.07) is 0. The van der Waals surface area contributed by atoms with E-state index in [0.717, 1.165) is 21.1 Å². The molecule has 0 aliphatic heterocycles. The van der Waals surface area contributed by atoms with E-state index < -0.39 is 30.2 Å². The maximum Gasteiger partial charge on any atom is 0.471 e. The molecule has 0 aromatic rings. The Hall–Kier alpha value is -1.31. The zero-order chi connectivity index (χ0) is 13.1. The Balaban J connectivity index is 5.11. The number of hydrogen-bond acceptors (Lipinski definition) is 3. The Morgan fingerprint density at radius 1 is 1.38 bits per heavy atom. The van der Waals surface area contributed by atoms with Crippen LogP contribution in [0.1, 0.15) is 6.92 Å². The second-order valence-electron chi connectivity index (χ2n) is 3.37. The number of amides is 1. The smallest absolute Gasteiger partial charge is 0.471 e. The SMILES string of the molecule is COCC(C)(C(=O)O)N(C)C(=O)C(F)(F)F. The largest absolute Gasteiger partial charge is 0.479 e. The van der Waals surface area contributed by atoms with E-state index in [1.54, 1.807) is 0 Å². The lowest BCUT2D eigenvalue weighted by Crippen LogP contribution is -2.58. The van der Waals surface area contributed by atoms with Crippen molar-refractivity contribution in [1.29, 1.82) is 0 Å². The number of rotatable bonds is 4. The first-order chi connectivity index (χ1) is 7.07. The van der Waals surface area contributed by atoms with Crippen LogP contribution in [0.25, 0.3) is 0 Å². The normalized spacial score (nSPS) is 15.4. The van der Waals surface area contributed by atoms with Crippen molar-refractivity contribution in [2.45, 2.75) is 18.6 Å². The summed E-state index contributed by atoms with van der Waals surface area (Å²) in [5.74, 6) is -3.80. The van der Waals surface area contributed by atoms with Gasteiger partial charge in [-0.05, 0) is 6.92 Å². The molecule has 0 aliphatic rings. The zero-order valence-electron chi connectivity index (χ0n) is 8.96. The molecule has 0 fully saturated rings. The van der Waals surface area contributed by atoms with Crippen molar-refractivity contribution in [2.24, 2.45) is 0 Å². The second kappa shape index (κ2) is 4.69. The minimum Gasteiger partial charge on any atom is -0.479 e. The van der Waals surface area contributed by atoms with Crippen LogP contribution in [0.15, 0.2) is 0 Å². The third kappa shape index (κ3) is 2.84. The van der Waals surface area contributed by atoms with Crippen molar-refractivity contribution in [3.05, 3.63) is 0 Å². The molecule has 1 unspecified atom stereocenters. The highest BCUT2D eigenvalue weighted by atomic mass is 19.4. The second-order valence-corrected chi connectivity index (χ2v) is 3.37. The van der Waals surface area contributed by atoms with Gasteiger partial charge in [-0.1, -0.05) is 0 Å². The van der Waals surface area contributed by atoms with E-state index in [-0.39, 0.29) is 4.90 Å². The van der Waals surface area contributed by atoms with Crippen molar-refractivity contribution in [3.8, 4) is 0 Å². The Bertz CT molecular complexity index is 291. The summed E-state index contributed by atoms with van der Waals surface area (Å²) < 4.78 is 40.8. The van der Waals surface area contributed by atoms with E-state index in [1.807, 2.05) is 0 Å². The van der Waals surface area contributed by atoms with E-state index in [1.165, 1.54) is 0 Å². The fourth-order valence-electron chi connectivity index (χ4n) is 0.997. The number of nitrogens with zero attached hydrogens (tertiary/aromatic N) is 1. The van der Waals surface area contributed by atoms with Gasteiger partial charge in [-0.15, -0.1) is 0 Å². The van der Waals surface area contributed by atoms with Gasteiger partial charge in [0.25, 0.3) is 0 Å². The van der Waals surface area contributed by atoms with Crippen LogP contribution in [0, 0.1) is 0 Å². The fourth-order valence-corrected chi connectivity index (χ4v) is 0.997. The van der Waals surface area contributed by atoms with E-state index >= 15 is 0 Å². The van der Waals surface area contributed by atoms with Crippen LogP contribution in [0.2, 0.25) is 0 Å². The number of halogens is 3. The number of carboxylic acid groups (broad SMARTS) is 1. The van der Waals surface area contributed by atoms with Gasteiger partial charge in [-0.3, -0.25) is 4.79 Å². The molecule has 0 saturated heterocycles. The molecule has 1 atom stereocenters. The number of aliphatic carboxylic acids is 1. The van der Waals surface area contributed by atoms with Crippen LogP contribution in [-0.4, -0.2) is 54.4 Å². The summed E-state index contributed by atoms with van der Waals surface area (Å²) in [5, 5.41) is 8.81. The van der Waals surface area contributed by atoms with Gasteiger partial charge >= 0.3 is 18.1 Å². The minimum atomic E-state index is -5.11. The monoisotopic (exact) mass is 243 g/mol. The highest BCUT2D eigenvalue weighted by Crippen LogP contribution is 2.23. The zero-order valence-corrected chi connectivity index (χ0v) is 8.96. The molecule has 1 N–H and O–H groups in total. The third-order valence-electron chi connectivity index (χ3n) is 2.17. The van der Waals surface area contributed by atoms with E-state index in [9.17, 15) is 22.8 Å². The van der Waals surface area contributed by atoms with Crippen molar-refractivity contribution >= 4 is 11.9 Å². The molecular weight excluding hydrogens is 231 g/mol. The van der Waals surface area contributed by atoms with Crippen LogP contribution >= 0.6 is 0 Å². The van der Waals surface area contributed by atoms with Gasteiger partial charge in [0.05, 0.1) is 6.61 Å². The molecule has 5 nitrogen and oxygen atoms in total. The summed E-state index contributed by atoms with van der Waals surface area (Å²) in [4.78, 5) is 21.8. The Morgan fingerprint density at radius 2 is 1.81 bits per heavy atom. The van der Waals surface area contributed by atoms with Gasteiger partial charge in [-0.25, -0.2) is 4.79 Å². The highest BCUT2D eigenvalue weighted by Gasteiger charge is 2.50. The van der Waals surface area contributed by atoms with Crippen molar-refractivity contribution in [2.75, 3.05) is 20.8 Å². The Kier molecular flexibility index (Phi) is 4.30. The molecule has 0 bridgehead atoms. The molecule has 8 heteroatoms. The van der Waals surface area contributed by atoms with Gasteiger partial charge in [0.2, 0.25) is 0 Å². The van der Waals surface area contributed by atoms with Gasteiger partial charge in [0, 0.05) is 14.2 Å². The first-order valence-corrected chi connectivity index (χ1v) is 4.14. The number of hydrogen-bond donors (Lipinski definition) is 1. The number of ether oxygens (including phenoxy) is 1. The number of likely N-dealkylation sites (N-methyl/N-ethyl adjacent to an activating group) is 1.